The van der Waals surface area contributed by atoms with Crippen molar-refractivity contribution in [1.29, 1.82) is 0 Å². The van der Waals surface area contributed by atoms with Crippen LogP contribution in [0.5, 0.6) is 0 Å². The highest BCUT2D eigenvalue weighted by Crippen LogP contribution is 2.52. The van der Waals surface area contributed by atoms with Crippen LogP contribution in [0.1, 0.15) is 6.42 Å². The summed E-state index contributed by atoms with van der Waals surface area (Å²) in [6, 6.07) is 7.37. The maximum absolute atomic E-state index is 12.5. The van der Waals surface area contributed by atoms with Gasteiger partial charge in [-0.25, -0.2) is 0 Å². The quantitative estimate of drug-likeness (QED) is 0.461. The van der Waals surface area contributed by atoms with Crippen LogP contribution in [0.3, 0.4) is 0 Å². The summed E-state index contributed by atoms with van der Waals surface area (Å²) in [5.74, 6) is -0.860. The normalized spacial score (nSPS) is 30.9. The molecule has 3 aliphatic rings. The van der Waals surface area contributed by atoms with Gasteiger partial charge in [-0.2, -0.15) is 0 Å². The Morgan fingerprint density at radius 1 is 1.09 bits per heavy atom. The van der Waals surface area contributed by atoms with Crippen LogP contribution >= 0.6 is 22.6 Å². The van der Waals surface area contributed by atoms with Gasteiger partial charge < -0.3 is 5.32 Å². The average Bonchev–Trinajstić information content (AvgIpc) is 3.19. The molecule has 1 aromatic rings. The maximum Gasteiger partial charge on any atom is 0.244 e. The Morgan fingerprint density at radius 2 is 1.65 bits per heavy atom. The molecule has 3 amide bonds. The van der Waals surface area contributed by atoms with E-state index in [0.29, 0.717) is 5.69 Å². The van der Waals surface area contributed by atoms with Crippen molar-refractivity contribution in [2.45, 2.75) is 6.42 Å². The lowest BCUT2D eigenvalue weighted by molar-refractivity contribution is -0.143. The molecule has 1 heterocycles. The SMILES string of the molecule is O=C(CN1C(=O)[C@H]2[C@H](C1=O)[C@H]1C=C[C@H]2C1)Nc1ccc(I)cc1. The number of likely N-dealkylation sites (tertiary alicyclic amines) is 1. The van der Waals surface area contributed by atoms with Gasteiger partial charge in [0.1, 0.15) is 6.54 Å². The molecule has 5 nitrogen and oxygen atoms in total. The number of benzene rings is 1. The van der Waals surface area contributed by atoms with Crippen LogP contribution in [0.15, 0.2) is 36.4 Å². The first kappa shape index (κ1) is 14.9. The van der Waals surface area contributed by atoms with E-state index < -0.39 is 0 Å². The van der Waals surface area contributed by atoms with E-state index in [1.807, 2.05) is 24.3 Å². The number of carbonyl (C=O) groups excluding carboxylic acids is 3. The topological polar surface area (TPSA) is 66.5 Å². The molecular weight excluding hydrogens is 407 g/mol. The van der Waals surface area contributed by atoms with Crippen LogP contribution in [0.2, 0.25) is 0 Å². The van der Waals surface area contributed by atoms with Crippen molar-refractivity contribution in [3.8, 4) is 0 Å². The number of fused-ring (bicyclic) bond motifs is 5. The minimum Gasteiger partial charge on any atom is -0.325 e. The van der Waals surface area contributed by atoms with Crippen molar-refractivity contribution in [2.75, 3.05) is 11.9 Å². The largest absolute Gasteiger partial charge is 0.325 e. The molecule has 2 aliphatic carbocycles. The molecule has 0 aromatic heterocycles. The Balaban J connectivity index is 1.45. The number of carbonyl (C=O) groups is 3. The molecule has 2 bridgehead atoms. The Morgan fingerprint density at radius 3 is 2.22 bits per heavy atom. The third-order valence-corrected chi connectivity index (χ3v) is 5.71. The predicted molar refractivity (Wildman–Crippen MR) is 92.2 cm³/mol. The summed E-state index contributed by atoms with van der Waals surface area (Å²) in [4.78, 5) is 38.3. The van der Waals surface area contributed by atoms with E-state index in [0.717, 1.165) is 14.9 Å². The molecule has 0 spiro atoms. The molecule has 0 unspecified atom stereocenters. The molecule has 1 aliphatic heterocycles. The lowest BCUT2D eigenvalue weighted by atomic mass is 9.85. The molecule has 1 N–H and O–H groups in total. The number of nitrogens with one attached hydrogen (secondary N) is 1. The van der Waals surface area contributed by atoms with Gasteiger partial charge in [-0.3, -0.25) is 19.3 Å². The van der Waals surface area contributed by atoms with E-state index in [1.165, 1.54) is 0 Å². The van der Waals surface area contributed by atoms with Crippen molar-refractivity contribution >= 4 is 46.0 Å². The molecule has 23 heavy (non-hydrogen) atoms. The summed E-state index contributed by atoms with van der Waals surface area (Å²) in [6.45, 7) is -0.198. The van der Waals surface area contributed by atoms with E-state index in [1.54, 1.807) is 12.1 Å². The number of amides is 3. The van der Waals surface area contributed by atoms with E-state index in [9.17, 15) is 14.4 Å². The van der Waals surface area contributed by atoms with Crippen molar-refractivity contribution in [3.63, 3.8) is 0 Å². The molecule has 4 atom stereocenters. The fraction of sp³-hybridized carbons (Fsp3) is 0.353. The fourth-order valence-corrected chi connectivity index (χ4v) is 4.36. The smallest absolute Gasteiger partial charge is 0.244 e. The molecular formula is C17H15IN2O3. The number of hydrogen-bond donors (Lipinski definition) is 1. The van der Waals surface area contributed by atoms with Crippen LogP contribution in [0.4, 0.5) is 5.69 Å². The van der Waals surface area contributed by atoms with Crippen molar-refractivity contribution in [1.82, 2.24) is 4.90 Å². The zero-order valence-corrected chi connectivity index (χ0v) is 14.4. The van der Waals surface area contributed by atoms with Gasteiger partial charge in [-0.05, 0) is 65.1 Å². The second-order valence-electron chi connectivity index (χ2n) is 6.32. The Hall–Kier alpha value is -1.70. The monoisotopic (exact) mass is 422 g/mol. The van der Waals surface area contributed by atoms with Crippen molar-refractivity contribution < 1.29 is 14.4 Å². The second kappa shape index (κ2) is 5.43. The molecule has 4 rings (SSSR count). The maximum atomic E-state index is 12.5. The summed E-state index contributed by atoms with van der Waals surface area (Å²) in [5, 5.41) is 2.74. The third kappa shape index (κ3) is 2.39. The van der Waals surface area contributed by atoms with Gasteiger partial charge in [0.25, 0.3) is 0 Å². The number of rotatable bonds is 3. The zero-order valence-electron chi connectivity index (χ0n) is 12.2. The predicted octanol–water partition coefficient (Wildman–Crippen LogP) is 2.04. The lowest BCUT2D eigenvalue weighted by Gasteiger charge is -2.16. The van der Waals surface area contributed by atoms with E-state index in [-0.39, 0.29) is 47.9 Å². The van der Waals surface area contributed by atoms with E-state index in [2.05, 4.69) is 27.9 Å². The molecule has 0 radical (unpaired) electrons. The molecule has 1 saturated carbocycles. The van der Waals surface area contributed by atoms with Gasteiger partial charge in [-0.15, -0.1) is 0 Å². The highest BCUT2D eigenvalue weighted by atomic mass is 127. The lowest BCUT2D eigenvalue weighted by Crippen LogP contribution is -2.39. The molecule has 6 heteroatoms. The van der Waals surface area contributed by atoms with E-state index in [4.69, 9.17) is 0 Å². The summed E-state index contributed by atoms with van der Waals surface area (Å²) < 4.78 is 1.07. The molecule has 118 valence electrons. The van der Waals surface area contributed by atoms with Crippen LogP contribution in [-0.4, -0.2) is 29.2 Å². The van der Waals surface area contributed by atoms with Gasteiger partial charge in [0.05, 0.1) is 11.8 Å². The zero-order chi connectivity index (χ0) is 16.1. The van der Waals surface area contributed by atoms with Gasteiger partial charge in [0, 0.05) is 9.26 Å². The number of imide groups is 1. The van der Waals surface area contributed by atoms with Gasteiger partial charge >= 0.3 is 0 Å². The van der Waals surface area contributed by atoms with Gasteiger partial charge in [0.2, 0.25) is 17.7 Å². The minimum atomic E-state index is -0.340. The second-order valence-corrected chi connectivity index (χ2v) is 7.56. The number of halogens is 1. The Kier molecular flexibility index (Phi) is 3.51. The van der Waals surface area contributed by atoms with Gasteiger partial charge in [-0.1, -0.05) is 12.2 Å². The summed E-state index contributed by atoms with van der Waals surface area (Å²) in [7, 11) is 0. The van der Waals surface area contributed by atoms with Crippen LogP contribution in [0, 0.1) is 27.2 Å². The molecule has 1 aromatic carbocycles. The highest BCUT2D eigenvalue weighted by molar-refractivity contribution is 14.1. The van der Waals surface area contributed by atoms with E-state index >= 15 is 0 Å². The first-order chi connectivity index (χ1) is 11.0. The van der Waals surface area contributed by atoms with Crippen molar-refractivity contribution in [2.24, 2.45) is 23.7 Å². The number of allylic oxidation sites excluding steroid dienone is 2. The van der Waals surface area contributed by atoms with Crippen LogP contribution in [-0.2, 0) is 14.4 Å². The highest BCUT2D eigenvalue weighted by Gasteiger charge is 2.59. The number of hydrogen-bond acceptors (Lipinski definition) is 3. The van der Waals surface area contributed by atoms with Gasteiger partial charge in [0.15, 0.2) is 0 Å². The first-order valence-corrected chi connectivity index (χ1v) is 8.71. The standard InChI is InChI=1S/C17H15IN2O3/c18-11-3-5-12(6-4-11)19-13(21)8-20-16(22)14-9-1-2-10(7-9)15(14)17(20)23/h1-6,9-10,14-15H,7-8H2,(H,19,21)/t9-,10-,14+,15+/m0/s1. The summed E-state index contributed by atoms with van der Waals surface area (Å²) in [6.07, 6.45) is 4.99. The van der Waals surface area contributed by atoms with Crippen LogP contribution in [0.25, 0.3) is 0 Å². The number of anilines is 1. The molecule has 2 fully saturated rings. The Bertz CT molecular complexity index is 698. The fourth-order valence-electron chi connectivity index (χ4n) is 4.00. The minimum absolute atomic E-state index is 0.172. The summed E-state index contributed by atoms with van der Waals surface area (Å²) >= 11 is 2.18. The Labute approximate surface area is 147 Å². The molecule has 1 saturated heterocycles. The summed E-state index contributed by atoms with van der Waals surface area (Å²) in [5.41, 5.74) is 0.663. The van der Waals surface area contributed by atoms with Crippen molar-refractivity contribution in [3.05, 3.63) is 40.0 Å². The third-order valence-electron chi connectivity index (χ3n) is 4.99. The number of nitrogens with zero attached hydrogens (tertiary/aromatic N) is 1. The first-order valence-electron chi connectivity index (χ1n) is 7.63. The van der Waals surface area contributed by atoms with Crippen LogP contribution < -0.4 is 5.32 Å². The average molecular weight is 422 g/mol.